The van der Waals surface area contributed by atoms with Gasteiger partial charge in [-0.05, 0) is 163 Å². The van der Waals surface area contributed by atoms with Gasteiger partial charge in [-0.2, -0.15) is 0 Å². The zero-order valence-electron chi connectivity index (χ0n) is 47.0. The van der Waals surface area contributed by atoms with Gasteiger partial charge in [0.1, 0.15) is 22.3 Å². The fraction of sp³-hybridized carbons (Fsp3) is 0.0617. The molecule has 0 radical (unpaired) electrons. The third-order valence-electron chi connectivity index (χ3n) is 19.1. The van der Waals surface area contributed by atoms with E-state index < -0.39 is 5.41 Å². The summed E-state index contributed by atoms with van der Waals surface area (Å²) in [5.41, 5.74) is 28.5. The molecule has 0 amide bonds. The molecule has 2 aliphatic carbocycles. The van der Waals surface area contributed by atoms with E-state index in [1.807, 2.05) is 0 Å². The fourth-order valence-electron chi connectivity index (χ4n) is 15.2. The highest BCUT2D eigenvalue weighted by molar-refractivity contribution is 6.11. The summed E-state index contributed by atoms with van der Waals surface area (Å²) >= 11 is 0. The molecular formula is C81H54N2O2. The average Bonchev–Trinajstić information content (AvgIpc) is 1.41. The van der Waals surface area contributed by atoms with Gasteiger partial charge in [-0.3, -0.25) is 0 Å². The summed E-state index contributed by atoms with van der Waals surface area (Å²) in [7, 11) is 0. The second-order valence-electron chi connectivity index (χ2n) is 23.8. The van der Waals surface area contributed by atoms with E-state index in [2.05, 4.69) is 303 Å². The molecule has 0 saturated heterocycles. The van der Waals surface area contributed by atoms with Gasteiger partial charge in [0.2, 0.25) is 0 Å². The molecule has 18 rings (SSSR count). The number of nitrogens with zero attached hydrogens (tertiary/aromatic N) is 2. The predicted octanol–water partition coefficient (Wildman–Crippen LogP) is 21.9. The van der Waals surface area contributed by atoms with Crippen LogP contribution in [0.5, 0.6) is 0 Å². The van der Waals surface area contributed by atoms with Gasteiger partial charge in [0.05, 0.1) is 22.5 Å². The SMILES string of the molecule is CC1(C)c2ccccc2-c2ccc(N3c4ccc(-c5cccc6c5oc5ccccc56)cc4C4(C5=C(C=CC5)N(c5ccc(-c6ccccc6)cc5)c5ccc(-c6ccccc6)cc54)c4cc(-c5cccc6c5oc5ccccc56)ccc43)cc21. The maximum absolute atomic E-state index is 6.92. The molecule has 0 N–H and O–H groups in total. The Morgan fingerprint density at radius 1 is 0.329 bits per heavy atom. The van der Waals surface area contributed by atoms with Crippen LogP contribution in [0.25, 0.3) is 99.5 Å². The molecule has 4 aliphatic rings. The molecule has 0 unspecified atom stereocenters. The molecular weight excluding hydrogens is 1030 g/mol. The van der Waals surface area contributed by atoms with Gasteiger partial charge < -0.3 is 18.6 Å². The number of fused-ring (bicyclic) bond motifs is 16. The minimum absolute atomic E-state index is 0.219. The zero-order chi connectivity index (χ0) is 56.1. The molecule has 0 saturated carbocycles. The number of benzene rings is 12. The molecule has 1 spiro atoms. The van der Waals surface area contributed by atoms with Gasteiger partial charge in [-0.25, -0.2) is 0 Å². The van der Waals surface area contributed by atoms with Crippen molar-refractivity contribution in [3.8, 4) is 55.6 Å². The van der Waals surface area contributed by atoms with E-state index in [0.29, 0.717) is 0 Å². The first kappa shape index (κ1) is 47.9. The third kappa shape index (κ3) is 6.79. The van der Waals surface area contributed by atoms with Crippen molar-refractivity contribution in [2.24, 2.45) is 0 Å². The van der Waals surface area contributed by atoms with Crippen LogP contribution in [0.3, 0.4) is 0 Å². The summed E-state index contributed by atoms with van der Waals surface area (Å²) < 4.78 is 13.8. The summed E-state index contributed by atoms with van der Waals surface area (Å²) in [4.78, 5) is 5.11. The zero-order valence-corrected chi connectivity index (χ0v) is 47.0. The Balaban J connectivity index is 0.972. The monoisotopic (exact) mass is 1090 g/mol. The molecule has 0 bridgehead atoms. The number of allylic oxidation sites excluding steroid dienone is 3. The normalized spacial score (nSPS) is 14.9. The minimum atomic E-state index is -0.859. The van der Waals surface area contributed by atoms with Crippen LogP contribution in [-0.2, 0) is 10.8 Å². The van der Waals surface area contributed by atoms with Crippen LogP contribution in [0.15, 0.2) is 299 Å². The van der Waals surface area contributed by atoms with E-state index in [4.69, 9.17) is 8.83 Å². The largest absolute Gasteiger partial charge is 0.455 e. The van der Waals surface area contributed by atoms with Gasteiger partial charge in [0.25, 0.3) is 0 Å². The first-order chi connectivity index (χ1) is 41.9. The molecule has 0 fully saturated rings. The van der Waals surface area contributed by atoms with E-state index in [1.54, 1.807) is 0 Å². The standard InChI is InChI=1S/C81H54N2O2/c1-80(2)66-29-12-9-22-60(66)61-42-41-57(49-68(61)80)83-74-44-37-54(58-25-15-27-64-62-23-10-13-32-76(62)84-78(58)64)47-70(74)81(71-48-55(38-45-75(71)83)59-26-16-28-65-63-24-11-14-33-77(63)85-79(59)65)67-30-17-31-72(67)82(56-39-34-52(35-40-56)50-18-5-3-6-19-50)73-43-36-53(46-69(73)81)51-20-7-4-8-21-51/h3-29,31-49H,30H2,1-2H3. The number of para-hydroxylation sites is 4. The number of hydrogen-bond donors (Lipinski definition) is 0. The summed E-state index contributed by atoms with van der Waals surface area (Å²) in [5.74, 6) is 0. The Morgan fingerprint density at radius 2 is 0.788 bits per heavy atom. The second-order valence-corrected chi connectivity index (χ2v) is 23.8. The van der Waals surface area contributed by atoms with Crippen LogP contribution >= 0.6 is 0 Å². The molecule has 14 aromatic rings. The first-order valence-electron chi connectivity index (χ1n) is 29.6. The van der Waals surface area contributed by atoms with Gasteiger partial charge in [0, 0.05) is 55.2 Å². The van der Waals surface area contributed by atoms with Crippen molar-refractivity contribution in [3.63, 3.8) is 0 Å². The van der Waals surface area contributed by atoms with E-state index >= 15 is 0 Å². The topological polar surface area (TPSA) is 32.8 Å². The Labute approximate surface area is 493 Å². The van der Waals surface area contributed by atoms with E-state index in [-0.39, 0.29) is 5.41 Å². The molecule has 85 heavy (non-hydrogen) atoms. The van der Waals surface area contributed by atoms with E-state index in [0.717, 1.165) is 107 Å². The van der Waals surface area contributed by atoms with Gasteiger partial charge in [-0.1, -0.05) is 214 Å². The Bertz CT molecular complexity index is 5030. The predicted molar refractivity (Wildman–Crippen MR) is 351 cm³/mol. The van der Waals surface area contributed by atoms with Gasteiger partial charge in [-0.15, -0.1) is 0 Å². The van der Waals surface area contributed by atoms with Crippen LogP contribution in [-0.4, -0.2) is 0 Å². The number of anilines is 5. The van der Waals surface area contributed by atoms with Crippen molar-refractivity contribution in [3.05, 3.63) is 318 Å². The lowest BCUT2D eigenvalue weighted by Crippen LogP contribution is -2.43. The van der Waals surface area contributed by atoms with Crippen molar-refractivity contribution in [2.75, 3.05) is 9.80 Å². The molecule has 0 atom stereocenters. The number of furan rings is 2. The first-order valence-corrected chi connectivity index (χ1v) is 29.6. The second kappa shape index (κ2) is 17.9. The van der Waals surface area contributed by atoms with Crippen LogP contribution < -0.4 is 9.80 Å². The Hall–Kier alpha value is -10.7. The molecule has 4 heteroatoms. The van der Waals surface area contributed by atoms with Gasteiger partial charge in [0.15, 0.2) is 0 Å². The third-order valence-corrected chi connectivity index (χ3v) is 19.1. The highest BCUT2D eigenvalue weighted by Gasteiger charge is 2.54. The van der Waals surface area contributed by atoms with Crippen molar-refractivity contribution in [1.29, 1.82) is 0 Å². The maximum Gasteiger partial charge on any atom is 0.143 e. The fourth-order valence-corrected chi connectivity index (χ4v) is 15.2. The molecule has 12 aromatic carbocycles. The Kier molecular flexibility index (Phi) is 10.1. The van der Waals surface area contributed by atoms with Crippen molar-refractivity contribution < 1.29 is 8.83 Å². The van der Waals surface area contributed by atoms with Crippen LogP contribution in [0, 0.1) is 0 Å². The maximum atomic E-state index is 6.92. The summed E-state index contributed by atoms with van der Waals surface area (Å²) in [5, 5.41) is 4.43. The molecule has 2 aromatic heterocycles. The Morgan fingerprint density at radius 3 is 1.41 bits per heavy atom. The smallest absolute Gasteiger partial charge is 0.143 e. The highest BCUT2D eigenvalue weighted by atomic mass is 16.3. The highest BCUT2D eigenvalue weighted by Crippen LogP contribution is 2.66. The van der Waals surface area contributed by atoms with Gasteiger partial charge >= 0.3 is 0 Å². The lowest BCUT2D eigenvalue weighted by molar-refractivity contribution is 0.660. The van der Waals surface area contributed by atoms with Crippen LogP contribution in [0.1, 0.15) is 48.1 Å². The molecule has 4 nitrogen and oxygen atoms in total. The lowest BCUT2D eigenvalue weighted by atomic mass is 9.59. The number of rotatable bonds is 6. The molecule has 4 heterocycles. The van der Waals surface area contributed by atoms with Crippen LogP contribution in [0.4, 0.5) is 28.4 Å². The molecule has 400 valence electrons. The van der Waals surface area contributed by atoms with Crippen molar-refractivity contribution in [1.82, 2.24) is 0 Å². The van der Waals surface area contributed by atoms with E-state index in [9.17, 15) is 0 Å². The summed E-state index contributed by atoms with van der Waals surface area (Å²) in [6, 6.07) is 98.9. The number of hydrogen-bond acceptors (Lipinski definition) is 4. The minimum Gasteiger partial charge on any atom is -0.455 e. The van der Waals surface area contributed by atoms with Crippen molar-refractivity contribution in [2.45, 2.75) is 31.1 Å². The quantitative estimate of drug-likeness (QED) is 0.166. The average molecular weight is 1090 g/mol. The van der Waals surface area contributed by atoms with E-state index in [1.165, 1.54) is 66.9 Å². The van der Waals surface area contributed by atoms with Crippen LogP contribution in [0.2, 0.25) is 0 Å². The lowest BCUT2D eigenvalue weighted by Gasteiger charge is -2.51. The molecule has 2 aliphatic heterocycles. The van der Waals surface area contributed by atoms with Crippen molar-refractivity contribution >= 4 is 72.3 Å². The summed E-state index contributed by atoms with van der Waals surface area (Å²) in [6.07, 6.45) is 5.52. The summed E-state index contributed by atoms with van der Waals surface area (Å²) in [6.45, 7) is 4.77.